The van der Waals surface area contributed by atoms with E-state index in [1.54, 1.807) is 11.8 Å². The number of nitrogens with zero attached hydrogens (tertiary/aromatic N) is 2. The fraction of sp³-hybridized carbons (Fsp3) is 0.450. The second-order valence-electron chi connectivity index (χ2n) is 6.79. The molecule has 9 heteroatoms. The second kappa shape index (κ2) is 9.42. The van der Waals surface area contributed by atoms with Gasteiger partial charge in [0.25, 0.3) is 0 Å². The van der Waals surface area contributed by atoms with Crippen LogP contribution in [0.1, 0.15) is 18.5 Å². The number of esters is 1. The summed E-state index contributed by atoms with van der Waals surface area (Å²) < 4.78 is 10.0. The van der Waals surface area contributed by atoms with E-state index in [1.807, 2.05) is 30.3 Å². The predicted octanol–water partition coefficient (Wildman–Crippen LogP) is 1.24. The molecule has 0 bridgehead atoms. The number of urea groups is 1. The van der Waals surface area contributed by atoms with Crippen LogP contribution in [0.15, 0.2) is 41.6 Å². The van der Waals surface area contributed by atoms with Gasteiger partial charge in [-0.25, -0.2) is 14.4 Å². The van der Waals surface area contributed by atoms with E-state index >= 15 is 0 Å². The Bertz CT molecular complexity index is 787. The van der Waals surface area contributed by atoms with Crippen LogP contribution in [0.2, 0.25) is 0 Å². The molecular formula is C20H26N4O5. The summed E-state index contributed by atoms with van der Waals surface area (Å²) in [5, 5.41) is 5.57. The number of carbonyl (C=O) groups excluding carboxylic acids is 3. The number of nitrogens with one attached hydrogen (secondary N) is 2. The van der Waals surface area contributed by atoms with Gasteiger partial charge in [0.15, 0.2) is 0 Å². The first-order valence-electron chi connectivity index (χ1n) is 9.61. The summed E-state index contributed by atoms with van der Waals surface area (Å²) in [6.45, 7) is 4.75. The summed E-state index contributed by atoms with van der Waals surface area (Å²) in [7, 11) is 1.32. The van der Waals surface area contributed by atoms with Crippen molar-refractivity contribution < 1.29 is 23.9 Å². The van der Waals surface area contributed by atoms with Crippen LogP contribution in [0, 0.1) is 0 Å². The van der Waals surface area contributed by atoms with E-state index in [1.165, 1.54) is 7.11 Å². The van der Waals surface area contributed by atoms with Crippen molar-refractivity contribution in [1.29, 1.82) is 0 Å². The van der Waals surface area contributed by atoms with Gasteiger partial charge in [-0.15, -0.1) is 0 Å². The van der Waals surface area contributed by atoms with Crippen LogP contribution in [0.3, 0.4) is 0 Å². The summed E-state index contributed by atoms with van der Waals surface area (Å²) in [5.41, 5.74) is 1.69. The third-order valence-corrected chi connectivity index (χ3v) is 4.97. The van der Waals surface area contributed by atoms with Crippen molar-refractivity contribution >= 4 is 18.1 Å². The molecule has 2 heterocycles. The van der Waals surface area contributed by atoms with Crippen molar-refractivity contribution in [3.8, 4) is 0 Å². The molecule has 0 aromatic heterocycles. The number of hydrogen-bond acceptors (Lipinski definition) is 6. The fourth-order valence-corrected chi connectivity index (χ4v) is 3.52. The number of benzene rings is 1. The molecule has 2 N–H and O–H groups in total. The maximum atomic E-state index is 12.6. The highest BCUT2D eigenvalue weighted by Gasteiger charge is 2.34. The molecule has 2 aliphatic rings. The van der Waals surface area contributed by atoms with Gasteiger partial charge in [0.1, 0.15) is 0 Å². The van der Waals surface area contributed by atoms with Crippen molar-refractivity contribution in [2.24, 2.45) is 0 Å². The minimum atomic E-state index is -0.590. The summed E-state index contributed by atoms with van der Waals surface area (Å²) in [6.07, 6.45) is -0.319. The van der Waals surface area contributed by atoms with Crippen LogP contribution in [-0.4, -0.2) is 74.3 Å². The maximum Gasteiger partial charge on any atom is 0.409 e. The highest BCUT2D eigenvalue weighted by molar-refractivity contribution is 5.95. The molecular weight excluding hydrogens is 376 g/mol. The molecule has 1 fully saturated rings. The van der Waals surface area contributed by atoms with E-state index < -0.39 is 12.0 Å². The molecule has 9 nitrogen and oxygen atoms in total. The lowest BCUT2D eigenvalue weighted by atomic mass is 9.95. The molecule has 156 valence electrons. The van der Waals surface area contributed by atoms with E-state index in [9.17, 15) is 14.4 Å². The molecule has 3 rings (SSSR count). The van der Waals surface area contributed by atoms with Gasteiger partial charge in [-0.3, -0.25) is 4.90 Å². The lowest BCUT2D eigenvalue weighted by Crippen LogP contribution is -2.52. The minimum absolute atomic E-state index is 0.319. The quantitative estimate of drug-likeness (QED) is 0.719. The Hall–Kier alpha value is -3.07. The summed E-state index contributed by atoms with van der Waals surface area (Å²) >= 11 is 0. The standard InChI is InChI=1S/C20H26N4O5/c1-3-29-20(27)24-11-9-23(10-12-24)13-15-16(18(25)28-2)17(22-19(26)21-15)14-7-5-4-6-8-14/h4-8,17H,3,9-13H2,1-2H3,(H2,21,22,26)/t17-/m1/s1. The third-order valence-electron chi connectivity index (χ3n) is 4.97. The average Bonchev–Trinajstić information content (AvgIpc) is 2.74. The van der Waals surface area contributed by atoms with E-state index in [2.05, 4.69) is 15.5 Å². The topological polar surface area (TPSA) is 100 Å². The number of amides is 3. The largest absolute Gasteiger partial charge is 0.466 e. The lowest BCUT2D eigenvalue weighted by Gasteiger charge is -2.36. The SMILES string of the molecule is CCOC(=O)N1CCN(CC2=C(C(=O)OC)[C@@H](c3ccccc3)NC(=O)N2)CC1. The van der Waals surface area contributed by atoms with Gasteiger partial charge >= 0.3 is 18.1 Å². The minimum Gasteiger partial charge on any atom is -0.466 e. The van der Waals surface area contributed by atoms with E-state index in [0.29, 0.717) is 50.6 Å². The highest BCUT2D eigenvalue weighted by atomic mass is 16.6. The molecule has 0 saturated carbocycles. The Morgan fingerprint density at radius 3 is 2.45 bits per heavy atom. The van der Waals surface area contributed by atoms with Crippen molar-refractivity contribution in [3.05, 3.63) is 47.2 Å². The van der Waals surface area contributed by atoms with Crippen molar-refractivity contribution in [2.75, 3.05) is 46.4 Å². The Morgan fingerprint density at radius 1 is 1.14 bits per heavy atom. The number of methoxy groups -OCH3 is 1. The molecule has 1 aromatic carbocycles. The summed E-state index contributed by atoms with van der Waals surface area (Å²) in [5.74, 6) is -0.494. The molecule has 29 heavy (non-hydrogen) atoms. The van der Waals surface area contributed by atoms with Gasteiger partial charge in [-0.05, 0) is 12.5 Å². The first kappa shape index (κ1) is 20.7. The fourth-order valence-electron chi connectivity index (χ4n) is 3.52. The van der Waals surface area contributed by atoms with E-state index in [0.717, 1.165) is 5.56 Å². The molecule has 0 spiro atoms. The zero-order chi connectivity index (χ0) is 20.8. The zero-order valence-corrected chi connectivity index (χ0v) is 16.6. The van der Waals surface area contributed by atoms with Crippen molar-refractivity contribution in [3.63, 3.8) is 0 Å². The highest BCUT2D eigenvalue weighted by Crippen LogP contribution is 2.28. The summed E-state index contributed by atoms with van der Waals surface area (Å²) in [4.78, 5) is 40.4. The first-order valence-corrected chi connectivity index (χ1v) is 9.61. The number of rotatable bonds is 5. The number of piperazine rings is 1. The van der Waals surface area contributed by atoms with E-state index in [-0.39, 0.29) is 12.1 Å². The number of ether oxygens (including phenoxy) is 2. The van der Waals surface area contributed by atoms with Gasteiger partial charge < -0.3 is 25.0 Å². The first-order chi connectivity index (χ1) is 14.0. The molecule has 1 saturated heterocycles. The van der Waals surface area contributed by atoms with Crippen LogP contribution < -0.4 is 10.6 Å². The van der Waals surface area contributed by atoms with Gasteiger partial charge in [0.2, 0.25) is 0 Å². The molecule has 1 aromatic rings. The van der Waals surface area contributed by atoms with Crippen molar-refractivity contribution in [2.45, 2.75) is 13.0 Å². The maximum absolute atomic E-state index is 12.6. The summed E-state index contributed by atoms with van der Waals surface area (Å²) in [6, 6.07) is 8.33. The van der Waals surface area contributed by atoms with Crippen LogP contribution >= 0.6 is 0 Å². The van der Waals surface area contributed by atoms with Gasteiger partial charge in [-0.1, -0.05) is 30.3 Å². The predicted molar refractivity (Wildman–Crippen MR) is 105 cm³/mol. The van der Waals surface area contributed by atoms with Crippen LogP contribution in [0.5, 0.6) is 0 Å². The van der Waals surface area contributed by atoms with Gasteiger partial charge in [-0.2, -0.15) is 0 Å². The molecule has 2 aliphatic heterocycles. The number of carbonyl (C=O) groups is 3. The van der Waals surface area contributed by atoms with E-state index in [4.69, 9.17) is 9.47 Å². The Morgan fingerprint density at radius 2 is 1.83 bits per heavy atom. The normalized spacial score (nSPS) is 20.0. The smallest absolute Gasteiger partial charge is 0.409 e. The average molecular weight is 402 g/mol. The van der Waals surface area contributed by atoms with Crippen LogP contribution in [-0.2, 0) is 14.3 Å². The Balaban J connectivity index is 1.79. The molecule has 0 unspecified atom stereocenters. The second-order valence-corrected chi connectivity index (χ2v) is 6.79. The Labute approximate surface area is 169 Å². The third kappa shape index (κ3) is 4.86. The van der Waals surface area contributed by atoms with Crippen molar-refractivity contribution in [1.82, 2.24) is 20.4 Å². The number of hydrogen-bond donors (Lipinski definition) is 2. The molecule has 1 atom stereocenters. The van der Waals surface area contributed by atoms with Gasteiger partial charge in [0, 0.05) is 38.4 Å². The molecule has 0 radical (unpaired) electrons. The zero-order valence-electron chi connectivity index (χ0n) is 16.6. The molecule has 3 amide bonds. The van der Waals surface area contributed by atoms with Crippen LogP contribution in [0.25, 0.3) is 0 Å². The Kier molecular flexibility index (Phi) is 6.71. The monoisotopic (exact) mass is 402 g/mol. The van der Waals surface area contributed by atoms with Gasteiger partial charge in [0.05, 0.1) is 25.3 Å². The lowest BCUT2D eigenvalue weighted by molar-refractivity contribution is -0.136. The molecule has 0 aliphatic carbocycles. The van der Waals surface area contributed by atoms with Crippen LogP contribution in [0.4, 0.5) is 9.59 Å².